The van der Waals surface area contributed by atoms with E-state index in [9.17, 15) is 9.59 Å². The third-order valence-corrected chi connectivity index (χ3v) is 6.05. The molecular weight excluding hydrogens is 364 g/mol. The molecule has 152 valence electrons. The highest BCUT2D eigenvalue weighted by Gasteiger charge is 2.45. The van der Waals surface area contributed by atoms with Gasteiger partial charge < -0.3 is 14.5 Å². The lowest BCUT2D eigenvalue weighted by molar-refractivity contribution is -0.135. The summed E-state index contributed by atoms with van der Waals surface area (Å²) in [7, 11) is 3.50. The number of rotatable bonds is 6. The molecule has 2 aliphatic rings. The van der Waals surface area contributed by atoms with Crippen molar-refractivity contribution in [2.24, 2.45) is 11.8 Å². The number of hydrogen-bond acceptors (Lipinski definition) is 3. The van der Waals surface area contributed by atoms with Crippen molar-refractivity contribution >= 4 is 11.8 Å². The first-order chi connectivity index (χ1) is 14.1. The molecule has 1 heterocycles. The predicted octanol–water partition coefficient (Wildman–Crippen LogP) is 3.31. The Morgan fingerprint density at radius 2 is 1.72 bits per heavy atom. The molecule has 5 nitrogen and oxygen atoms in total. The Balaban J connectivity index is 1.58. The fourth-order valence-electron chi connectivity index (χ4n) is 4.33. The molecule has 0 N–H and O–H groups in total. The maximum atomic E-state index is 13.4. The second kappa shape index (κ2) is 8.27. The van der Waals surface area contributed by atoms with Gasteiger partial charge in [0.1, 0.15) is 5.75 Å². The molecule has 2 aromatic carbocycles. The zero-order valence-electron chi connectivity index (χ0n) is 17.1. The van der Waals surface area contributed by atoms with E-state index in [1.807, 2.05) is 66.5 Å². The monoisotopic (exact) mass is 392 g/mol. The Bertz CT molecular complexity index is 879. The van der Waals surface area contributed by atoms with E-state index in [-0.39, 0.29) is 29.6 Å². The van der Waals surface area contributed by atoms with E-state index in [0.29, 0.717) is 19.6 Å². The minimum absolute atomic E-state index is 0.0560. The zero-order valence-corrected chi connectivity index (χ0v) is 17.1. The summed E-state index contributed by atoms with van der Waals surface area (Å²) in [6.07, 6.45) is 1.95. The maximum absolute atomic E-state index is 13.4. The first-order valence-electron chi connectivity index (χ1n) is 10.3. The minimum atomic E-state index is -0.261. The summed E-state index contributed by atoms with van der Waals surface area (Å²) in [5.74, 6) is 0.898. The van der Waals surface area contributed by atoms with Crippen molar-refractivity contribution in [3.8, 4) is 5.75 Å². The summed E-state index contributed by atoms with van der Waals surface area (Å²) in [5.41, 5.74) is 2.11. The van der Waals surface area contributed by atoms with Crippen LogP contribution in [0.3, 0.4) is 0 Å². The van der Waals surface area contributed by atoms with Crippen LogP contribution in [0.4, 0.5) is 0 Å². The van der Waals surface area contributed by atoms with E-state index in [1.165, 1.54) is 0 Å². The third-order valence-electron chi connectivity index (χ3n) is 6.05. The molecule has 29 heavy (non-hydrogen) atoms. The highest BCUT2D eigenvalue weighted by atomic mass is 16.5. The molecule has 2 amide bonds. The summed E-state index contributed by atoms with van der Waals surface area (Å²) in [6.45, 7) is 1.62. The maximum Gasteiger partial charge on any atom is 0.228 e. The Hall–Kier alpha value is -2.82. The molecule has 0 spiro atoms. The lowest BCUT2D eigenvalue weighted by Gasteiger charge is -2.25. The van der Waals surface area contributed by atoms with Crippen LogP contribution in [-0.4, -0.2) is 48.9 Å². The van der Waals surface area contributed by atoms with Crippen LogP contribution in [0.2, 0.25) is 0 Å². The van der Waals surface area contributed by atoms with Crippen molar-refractivity contribution in [1.82, 2.24) is 9.80 Å². The van der Waals surface area contributed by atoms with Crippen LogP contribution in [-0.2, 0) is 16.1 Å². The summed E-state index contributed by atoms with van der Waals surface area (Å²) in [4.78, 5) is 29.9. The standard InChI is InChI=1S/C24H28N2O3/c1-25(14-17-8-4-3-5-9-17)24(28)21-16-26(23(27)18-12-13-18)15-20(21)19-10-6-7-11-22(19)29-2/h3-11,18,20-21H,12-16H2,1-2H3. The van der Waals surface area contributed by atoms with Crippen molar-refractivity contribution in [2.45, 2.75) is 25.3 Å². The smallest absolute Gasteiger partial charge is 0.228 e. The Labute approximate surface area is 172 Å². The number of carbonyl (C=O) groups is 2. The number of carbonyl (C=O) groups excluding carboxylic acids is 2. The van der Waals surface area contributed by atoms with Gasteiger partial charge in [-0.3, -0.25) is 9.59 Å². The summed E-state index contributed by atoms with van der Waals surface area (Å²) >= 11 is 0. The molecule has 0 bridgehead atoms. The van der Waals surface area contributed by atoms with Crippen LogP contribution in [0.15, 0.2) is 54.6 Å². The van der Waals surface area contributed by atoms with Gasteiger partial charge in [0.05, 0.1) is 13.0 Å². The molecule has 5 heteroatoms. The second-order valence-electron chi connectivity index (χ2n) is 8.15. The van der Waals surface area contributed by atoms with E-state index in [0.717, 1.165) is 29.7 Å². The molecule has 1 aliphatic heterocycles. The number of ether oxygens (including phenoxy) is 1. The van der Waals surface area contributed by atoms with Gasteiger partial charge in [-0.1, -0.05) is 48.5 Å². The van der Waals surface area contributed by atoms with Gasteiger partial charge in [0.25, 0.3) is 0 Å². The molecule has 1 saturated heterocycles. The van der Waals surface area contributed by atoms with Crippen LogP contribution >= 0.6 is 0 Å². The zero-order chi connectivity index (χ0) is 20.4. The normalized spacial score (nSPS) is 21.1. The summed E-state index contributed by atoms with van der Waals surface area (Å²) in [5, 5.41) is 0. The molecule has 2 unspecified atom stereocenters. The molecule has 1 aliphatic carbocycles. The second-order valence-corrected chi connectivity index (χ2v) is 8.15. The van der Waals surface area contributed by atoms with Gasteiger partial charge in [-0.2, -0.15) is 0 Å². The Morgan fingerprint density at radius 1 is 1.03 bits per heavy atom. The average Bonchev–Trinajstić information content (AvgIpc) is 3.51. The molecule has 1 saturated carbocycles. The third kappa shape index (κ3) is 4.14. The molecule has 2 atom stereocenters. The van der Waals surface area contributed by atoms with E-state index < -0.39 is 0 Å². The molecule has 4 rings (SSSR count). The number of para-hydroxylation sites is 1. The summed E-state index contributed by atoms with van der Waals surface area (Å²) in [6, 6.07) is 17.8. The number of amides is 2. The number of methoxy groups -OCH3 is 1. The van der Waals surface area contributed by atoms with Gasteiger partial charge in [-0.05, 0) is 30.0 Å². The largest absolute Gasteiger partial charge is 0.496 e. The van der Waals surface area contributed by atoms with E-state index in [2.05, 4.69) is 0 Å². The van der Waals surface area contributed by atoms with Crippen molar-refractivity contribution in [2.75, 3.05) is 27.2 Å². The number of likely N-dealkylation sites (tertiary alicyclic amines) is 1. The lowest BCUT2D eigenvalue weighted by atomic mass is 9.87. The van der Waals surface area contributed by atoms with Crippen molar-refractivity contribution in [1.29, 1.82) is 0 Å². The summed E-state index contributed by atoms with van der Waals surface area (Å²) < 4.78 is 5.57. The molecule has 2 fully saturated rings. The topological polar surface area (TPSA) is 49.9 Å². The van der Waals surface area contributed by atoms with Gasteiger partial charge in [0, 0.05) is 38.5 Å². The van der Waals surface area contributed by atoms with Crippen LogP contribution in [0.5, 0.6) is 5.75 Å². The van der Waals surface area contributed by atoms with Crippen LogP contribution in [0, 0.1) is 11.8 Å². The molecule has 0 aromatic heterocycles. The highest BCUT2D eigenvalue weighted by Crippen LogP contribution is 2.41. The number of nitrogens with zero attached hydrogens (tertiary/aromatic N) is 2. The van der Waals surface area contributed by atoms with Gasteiger partial charge in [0.15, 0.2) is 0 Å². The van der Waals surface area contributed by atoms with Gasteiger partial charge in [0.2, 0.25) is 11.8 Å². The highest BCUT2D eigenvalue weighted by molar-refractivity contribution is 5.85. The molecular formula is C24H28N2O3. The van der Waals surface area contributed by atoms with Gasteiger partial charge >= 0.3 is 0 Å². The first kappa shape index (κ1) is 19.5. The van der Waals surface area contributed by atoms with Crippen molar-refractivity contribution in [3.05, 3.63) is 65.7 Å². The van der Waals surface area contributed by atoms with E-state index in [1.54, 1.807) is 12.0 Å². The van der Waals surface area contributed by atoms with Crippen LogP contribution in [0.25, 0.3) is 0 Å². The molecule has 2 aromatic rings. The van der Waals surface area contributed by atoms with Crippen molar-refractivity contribution in [3.63, 3.8) is 0 Å². The predicted molar refractivity (Wildman–Crippen MR) is 111 cm³/mol. The SMILES string of the molecule is COc1ccccc1C1CN(C(=O)C2CC2)CC1C(=O)N(C)Cc1ccccc1. The van der Waals surface area contributed by atoms with Crippen LogP contribution < -0.4 is 4.74 Å². The lowest BCUT2D eigenvalue weighted by Crippen LogP contribution is -2.37. The number of benzene rings is 2. The van der Waals surface area contributed by atoms with E-state index >= 15 is 0 Å². The molecule has 0 radical (unpaired) electrons. The van der Waals surface area contributed by atoms with E-state index in [4.69, 9.17) is 4.74 Å². The fourth-order valence-corrected chi connectivity index (χ4v) is 4.33. The van der Waals surface area contributed by atoms with Gasteiger partial charge in [-0.25, -0.2) is 0 Å². The fraction of sp³-hybridized carbons (Fsp3) is 0.417. The van der Waals surface area contributed by atoms with Crippen molar-refractivity contribution < 1.29 is 14.3 Å². The number of hydrogen-bond donors (Lipinski definition) is 0. The quantitative estimate of drug-likeness (QED) is 0.758. The minimum Gasteiger partial charge on any atom is -0.496 e. The Kier molecular flexibility index (Phi) is 5.56. The van der Waals surface area contributed by atoms with Gasteiger partial charge in [-0.15, -0.1) is 0 Å². The Morgan fingerprint density at radius 3 is 2.41 bits per heavy atom. The average molecular weight is 392 g/mol. The first-order valence-corrected chi connectivity index (χ1v) is 10.3. The van der Waals surface area contributed by atoms with Crippen LogP contribution in [0.1, 0.15) is 29.9 Å².